The zero-order chi connectivity index (χ0) is 9.54. The monoisotopic (exact) mass is 160 g/mol. The standard InChI is InChI=1S/C5H12N2.2C2H6/c1-2-3-4-7-5-6;2*1-2/h3-4,7H,2,5-6H2,1H3;2*1-2H3/b4-3-;;. The third-order valence-corrected chi connectivity index (χ3v) is 0.589. The predicted molar refractivity (Wildman–Crippen MR) is 54.3 cm³/mol. The fraction of sp³-hybridized carbons (Fsp3) is 0.778. The molecule has 0 aromatic heterocycles. The number of nitrogens with one attached hydrogen (secondary N) is 1. The van der Waals surface area contributed by atoms with Gasteiger partial charge in [-0.15, -0.1) is 0 Å². The highest BCUT2D eigenvalue weighted by molar-refractivity contribution is 4.76. The van der Waals surface area contributed by atoms with Crippen molar-refractivity contribution in [3.8, 4) is 0 Å². The second-order valence-electron chi connectivity index (χ2n) is 1.22. The molecule has 0 bridgehead atoms. The Balaban J connectivity index is -0.000000138. The van der Waals surface area contributed by atoms with Gasteiger partial charge in [-0.25, -0.2) is 0 Å². The summed E-state index contributed by atoms with van der Waals surface area (Å²) in [5.41, 5.74) is 5.11. The van der Waals surface area contributed by atoms with E-state index in [4.69, 9.17) is 5.73 Å². The van der Waals surface area contributed by atoms with Crippen molar-refractivity contribution in [3.63, 3.8) is 0 Å². The van der Waals surface area contributed by atoms with E-state index < -0.39 is 0 Å². The van der Waals surface area contributed by atoms with Crippen LogP contribution in [0.5, 0.6) is 0 Å². The Hall–Kier alpha value is -0.500. The number of rotatable bonds is 3. The highest BCUT2D eigenvalue weighted by Crippen LogP contribution is 1.72. The lowest BCUT2D eigenvalue weighted by Crippen LogP contribution is -2.15. The average Bonchev–Trinajstić information content (AvgIpc) is 2.13. The Bertz CT molecular complexity index is 51.5. The summed E-state index contributed by atoms with van der Waals surface area (Å²) < 4.78 is 0. The summed E-state index contributed by atoms with van der Waals surface area (Å²) in [4.78, 5) is 0. The molecule has 70 valence electrons. The fourth-order valence-corrected chi connectivity index (χ4v) is 0.269. The minimum absolute atomic E-state index is 0.524. The van der Waals surface area contributed by atoms with E-state index in [9.17, 15) is 0 Å². The van der Waals surface area contributed by atoms with Gasteiger partial charge in [0.05, 0.1) is 6.67 Å². The Kier molecular flexibility index (Phi) is 51.9. The van der Waals surface area contributed by atoms with Crippen molar-refractivity contribution >= 4 is 0 Å². The van der Waals surface area contributed by atoms with E-state index in [1.54, 1.807) is 0 Å². The molecule has 0 aromatic carbocycles. The van der Waals surface area contributed by atoms with E-state index in [0.29, 0.717) is 6.67 Å². The maximum Gasteiger partial charge on any atom is 0.0622 e. The Labute approximate surface area is 71.9 Å². The molecule has 11 heavy (non-hydrogen) atoms. The zero-order valence-corrected chi connectivity index (χ0v) is 8.65. The molecule has 0 unspecified atom stereocenters. The summed E-state index contributed by atoms with van der Waals surface area (Å²) >= 11 is 0. The molecule has 0 amide bonds. The quantitative estimate of drug-likeness (QED) is 0.622. The Morgan fingerprint density at radius 2 is 1.64 bits per heavy atom. The zero-order valence-electron chi connectivity index (χ0n) is 8.65. The van der Waals surface area contributed by atoms with Gasteiger partial charge in [0.1, 0.15) is 0 Å². The molecular formula is C9H24N2. The smallest absolute Gasteiger partial charge is 0.0622 e. The molecule has 0 saturated heterocycles. The lowest BCUT2D eigenvalue weighted by molar-refractivity contribution is 0.878. The third kappa shape index (κ3) is 43.6. The van der Waals surface area contributed by atoms with Gasteiger partial charge in [-0.3, -0.25) is 0 Å². The molecule has 0 radical (unpaired) electrons. The van der Waals surface area contributed by atoms with Crippen LogP contribution < -0.4 is 11.1 Å². The normalized spacial score (nSPS) is 7.45. The Morgan fingerprint density at radius 3 is 1.91 bits per heavy atom. The van der Waals surface area contributed by atoms with Gasteiger partial charge in [0, 0.05) is 0 Å². The van der Waals surface area contributed by atoms with Crippen molar-refractivity contribution in [3.05, 3.63) is 12.3 Å². The van der Waals surface area contributed by atoms with Gasteiger partial charge >= 0.3 is 0 Å². The van der Waals surface area contributed by atoms with Crippen molar-refractivity contribution < 1.29 is 0 Å². The van der Waals surface area contributed by atoms with Crippen molar-refractivity contribution in [2.75, 3.05) is 6.67 Å². The maximum atomic E-state index is 5.11. The van der Waals surface area contributed by atoms with Crippen LogP contribution in [0.25, 0.3) is 0 Å². The molecule has 0 aromatic rings. The summed E-state index contributed by atoms with van der Waals surface area (Å²) in [6.45, 7) is 10.6. The van der Waals surface area contributed by atoms with Crippen LogP contribution in [0.4, 0.5) is 0 Å². The highest BCUT2D eigenvalue weighted by atomic mass is 14.9. The number of hydrogen-bond acceptors (Lipinski definition) is 2. The van der Waals surface area contributed by atoms with Crippen molar-refractivity contribution in [2.45, 2.75) is 41.0 Å². The second kappa shape index (κ2) is 33.9. The molecule has 0 atom stereocenters. The fourth-order valence-electron chi connectivity index (χ4n) is 0.269. The summed E-state index contributed by atoms with van der Waals surface area (Å²) in [6.07, 6.45) is 4.94. The van der Waals surface area contributed by atoms with Crippen molar-refractivity contribution in [1.29, 1.82) is 0 Å². The van der Waals surface area contributed by atoms with Gasteiger partial charge in [0.25, 0.3) is 0 Å². The number of allylic oxidation sites excluding steroid dienone is 1. The van der Waals surface area contributed by atoms with Gasteiger partial charge in [-0.05, 0) is 12.6 Å². The van der Waals surface area contributed by atoms with E-state index in [2.05, 4.69) is 12.2 Å². The number of hydrogen-bond donors (Lipinski definition) is 2. The highest BCUT2D eigenvalue weighted by Gasteiger charge is 1.63. The molecule has 3 N–H and O–H groups in total. The van der Waals surface area contributed by atoms with Crippen molar-refractivity contribution in [1.82, 2.24) is 5.32 Å². The summed E-state index contributed by atoms with van der Waals surface area (Å²) in [6, 6.07) is 0. The van der Waals surface area contributed by atoms with Gasteiger partial charge in [-0.2, -0.15) is 0 Å². The number of nitrogens with two attached hydrogens (primary N) is 1. The van der Waals surface area contributed by atoms with E-state index in [0.717, 1.165) is 6.42 Å². The van der Waals surface area contributed by atoms with E-state index >= 15 is 0 Å². The lowest BCUT2D eigenvalue weighted by atomic mass is 10.5. The summed E-state index contributed by atoms with van der Waals surface area (Å²) in [7, 11) is 0. The van der Waals surface area contributed by atoms with E-state index in [1.807, 2.05) is 40.0 Å². The topological polar surface area (TPSA) is 38.0 Å². The minimum Gasteiger partial charge on any atom is -0.379 e. The third-order valence-electron chi connectivity index (χ3n) is 0.589. The van der Waals surface area contributed by atoms with Crippen molar-refractivity contribution in [2.24, 2.45) is 5.73 Å². The first-order chi connectivity index (χ1) is 5.41. The maximum absolute atomic E-state index is 5.11. The van der Waals surface area contributed by atoms with Gasteiger partial charge < -0.3 is 11.1 Å². The lowest BCUT2D eigenvalue weighted by Gasteiger charge is -1.87. The summed E-state index contributed by atoms with van der Waals surface area (Å²) in [5.74, 6) is 0. The second-order valence-corrected chi connectivity index (χ2v) is 1.22. The molecule has 0 rings (SSSR count). The Morgan fingerprint density at radius 1 is 1.18 bits per heavy atom. The van der Waals surface area contributed by atoms with Gasteiger partial charge in [0.2, 0.25) is 0 Å². The molecule has 0 heterocycles. The molecule has 0 spiro atoms. The molecule has 0 aliphatic heterocycles. The predicted octanol–water partition coefficient (Wildman–Crippen LogP) is 2.47. The molecular weight excluding hydrogens is 136 g/mol. The summed E-state index contributed by atoms with van der Waals surface area (Å²) in [5, 5.41) is 2.85. The first-order valence-electron chi connectivity index (χ1n) is 4.50. The van der Waals surface area contributed by atoms with E-state index in [1.165, 1.54) is 0 Å². The SMILES string of the molecule is CC.CC.CC/C=C\NCN. The van der Waals surface area contributed by atoms with Gasteiger partial charge in [0.15, 0.2) is 0 Å². The molecule has 0 saturated carbocycles. The van der Waals surface area contributed by atoms with Crippen LogP contribution in [0.1, 0.15) is 41.0 Å². The molecule has 2 nitrogen and oxygen atoms in total. The molecule has 2 heteroatoms. The average molecular weight is 160 g/mol. The van der Waals surface area contributed by atoms with Crippen LogP contribution in [0, 0.1) is 0 Å². The van der Waals surface area contributed by atoms with Crippen LogP contribution in [0.15, 0.2) is 12.3 Å². The molecule has 0 aliphatic carbocycles. The minimum atomic E-state index is 0.524. The van der Waals surface area contributed by atoms with Gasteiger partial charge in [-0.1, -0.05) is 40.7 Å². The van der Waals surface area contributed by atoms with Crippen LogP contribution in [-0.2, 0) is 0 Å². The largest absolute Gasteiger partial charge is 0.379 e. The van der Waals surface area contributed by atoms with Crippen LogP contribution in [0.2, 0.25) is 0 Å². The first kappa shape index (κ1) is 16.8. The van der Waals surface area contributed by atoms with E-state index in [-0.39, 0.29) is 0 Å². The van der Waals surface area contributed by atoms with Crippen LogP contribution in [0.3, 0.4) is 0 Å². The van der Waals surface area contributed by atoms with Crippen LogP contribution in [-0.4, -0.2) is 6.67 Å². The van der Waals surface area contributed by atoms with Crippen LogP contribution >= 0.6 is 0 Å². The molecule has 0 fully saturated rings. The first-order valence-corrected chi connectivity index (χ1v) is 4.50. The molecule has 0 aliphatic rings.